The number of hydrogen-bond donors (Lipinski definition) is 2. The fraction of sp³-hybridized carbons (Fsp3) is 0.125. The van der Waals surface area contributed by atoms with Crippen molar-refractivity contribution >= 4 is 50.2 Å². The van der Waals surface area contributed by atoms with Gasteiger partial charge in [0.15, 0.2) is 11.0 Å². The van der Waals surface area contributed by atoms with Crippen LogP contribution in [0.15, 0.2) is 71.1 Å². The Labute approximate surface area is 210 Å². The van der Waals surface area contributed by atoms with E-state index in [1.807, 2.05) is 0 Å². The standard InChI is InChI=1S/C24H19F3N4O3S2/c1-31(17-6-7-21-19(12-17)28-13-35-21)23(32)20(10-14-8-15(25)11-16(26)9-14)29-24(33)30-36(34)22-5-3-2-4-18(22)27/h2-9,11-13,20H,10H2,1H3,(H2,29,30,33)/t20-,36?/m0/s1. The fourth-order valence-electron chi connectivity index (χ4n) is 3.50. The molecule has 1 heterocycles. The molecule has 0 spiro atoms. The zero-order valence-corrected chi connectivity index (χ0v) is 20.3. The summed E-state index contributed by atoms with van der Waals surface area (Å²) in [6.07, 6.45) is -0.267. The summed E-state index contributed by atoms with van der Waals surface area (Å²) < 4.78 is 56.9. The SMILES string of the molecule is CN(C(=O)[C@H](Cc1cc(F)cc(F)c1)NC(=O)NS(=O)c1ccccc1F)c1ccc2scnc2c1. The minimum Gasteiger partial charge on any atom is -0.325 e. The first-order valence-corrected chi connectivity index (χ1v) is 12.5. The number of hydrogen-bond acceptors (Lipinski definition) is 5. The Bertz CT molecular complexity index is 1440. The number of anilines is 1. The lowest BCUT2D eigenvalue weighted by molar-refractivity contribution is -0.120. The molecule has 36 heavy (non-hydrogen) atoms. The van der Waals surface area contributed by atoms with E-state index in [1.165, 1.54) is 41.5 Å². The second-order valence-electron chi connectivity index (χ2n) is 7.71. The van der Waals surface area contributed by atoms with Crippen LogP contribution in [0.1, 0.15) is 5.56 Å². The van der Waals surface area contributed by atoms with Crippen molar-refractivity contribution in [2.24, 2.45) is 0 Å². The van der Waals surface area contributed by atoms with Crippen molar-refractivity contribution in [3.63, 3.8) is 0 Å². The topological polar surface area (TPSA) is 91.4 Å². The number of benzene rings is 3. The van der Waals surface area contributed by atoms with Crippen molar-refractivity contribution in [2.75, 3.05) is 11.9 Å². The number of nitrogens with one attached hydrogen (secondary N) is 2. The van der Waals surface area contributed by atoms with Gasteiger partial charge in [-0.15, -0.1) is 11.3 Å². The van der Waals surface area contributed by atoms with E-state index >= 15 is 0 Å². The van der Waals surface area contributed by atoms with Crippen LogP contribution in [0.25, 0.3) is 10.2 Å². The fourth-order valence-corrected chi connectivity index (χ4v) is 4.95. The molecule has 12 heteroatoms. The van der Waals surface area contributed by atoms with E-state index < -0.39 is 46.4 Å². The summed E-state index contributed by atoms with van der Waals surface area (Å²) in [6, 6.07) is 10.8. The first kappa shape index (κ1) is 25.3. The molecule has 0 aliphatic rings. The van der Waals surface area contributed by atoms with Gasteiger partial charge in [0.05, 0.1) is 20.6 Å². The number of amides is 3. The summed E-state index contributed by atoms with van der Waals surface area (Å²) >= 11 is 1.43. The predicted molar refractivity (Wildman–Crippen MR) is 131 cm³/mol. The van der Waals surface area contributed by atoms with Crippen molar-refractivity contribution < 1.29 is 27.0 Å². The maximum Gasteiger partial charge on any atom is 0.327 e. The minimum absolute atomic E-state index is 0.115. The molecule has 0 bridgehead atoms. The van der Waals surface area contributed by atoms with Crippen LogP contribution in [0.4, 0.5) is 23.7 Å². The number of thiazole rings is 1. The summed E-state index contributed by atoms with van der Waals surface area (Å²) in [5, 5.41) is 2.39. The second kappa shape index (κ2) is 10.9. The highest BCUT2D eigenvalue weighted by Crippen LogP contribution is 2.24. The molecule has 3 aromatic carbocycles. The van der Waals surface area contributed by atoms with Crippen LogP contribution in [0, 0.1) is 17.5 Å². The Morgan fingerprint density at radius 3 is 2.50 bits per heavy atom. The molecular weight excluding hydrogens is 513 g/mol. The van der Waals surface area contributed by atoms with E-state index in [9.17, 15) is 27.0 Å². The number of carbonyl (C=O) groups is 2. The van der Waals surface area contributed by atoms with Gasteiger partial charge in [-0.3, -0.25) is 9.52 Å². The lowest BCUT2D eigenvalue weighted by atomic mass is 10.0. The molecule has 4 rings (SSSR count). The molecule has 2 atom stereocenters. The molecule has 1 unspecified atom stereocenters. The third-order valence-corrected chi connectivity index (χ3v) is 7.13. The van der Waals surface area contributed by atoms with Gasteiger partial charge in [-0.2, -0.15) is 0 Å². The van der Waals surface area contributed by atoms with Gasteiger partial charge in [0.1, 0.15) is 23.5 Å². The summed E-state index contributed by atoms with van der Waals surface area (Å²) in [4.78, 5) is 31.2. The number of urea groups is 1. The lowest BCUT2D eigenvalue weighted by Gasteiger charge is -2.25. The molecule has 4 aromatic rings. The third-order valence-electron chi connectivity index (χ3n) is 5.22. The van der Waals surface area contributed by atoms with Crippen LogP contribution >= 0.6 is 11.3 Å². The Hall–Kier alpha value is -3.77. The summed E-state index contributed by atoms with van der Waals surface area (Å²) in [7, 11) is -0.777. The molecule has 0 aliphatic carbocycles. The van der Waals surface area contributed by atoms with E-state index in [1.54, 1.807) is 23.7 Å². The molecule has 0 saturated carbocycles. The summed E-state index contributed by atoms with van der Waals surface area (Å²) in [5.74, 6) is -3.08. The zero-order valence-electron chi connectivity index (χ0n) is 18.7. The predicted octanol–water partition coefficient (Wildman–Crippen LogP) is 4.31. The Morgan fingerprint density at radius 1 is 1.06 bits per heavy atom. The van der Waals surface area contributed by atoms with E-state index in [-0.39, 0.29) is 16.9 Å². The van der Waals surface area contributed by atoms with Crippen molar-refractivity contribution in [3.05, 3.63) is 89.2 Å². The average Bonchev–Trinajstić information content (AvgIpc) is 3.30. The van der Waals surface area contributed by atoms with Crippen LogP contribution in [0.2, 0.25) is 0 Å². The number of halogens is 3. The maximum atomic E-state index is 13.9. The van der Waals surface area contributed by atoms with Crippen molar-refractivity contribution in [3.8, 4) is 0 Å². The highest BCUT2D eigenvalue weighted by Gasteiger charge is 2.27. The van der Waals surface area contributed by atoms with Crippen LogP contribution in [-0.2, 0) is 22.2 Å². The maximum absolute atomic E-state index is 13.9. The quantitative estimate of drug-likeness (QED) is 0.371. The second-order valence-corrected chi connectivity index (χ2v) is 9.78. The van der Waals surface area contributed by atoms with E-state index in [2.05, 4.69) is 15.0 Å². The number of fused-ring (bicyclic) bond motifs is 1. The van der Waals surface area contributed by atoms with E-state index in [0.717, 1.165) is 22.9 Å². The van der Waals surface area contributed by atoms with Crippen molar-refractivity contribution in [1.29, 1.82) is 0 Å². The molecule has 186 valence electrons. The number of carbonyl (C=O) groups excluding carboxylic acids is 2. The van der Waals surface area contributed by atoms with Gasteiger partial charge in [-0.1, -0.05) is 12.1 Å². The van der Waals surface area contributed by atoms with Crippen molar-refractivity contribution in [1.82, 2.24) is 15.0 Å². The number of nitrogens with zero attached hydrogens (tertiary/aromatic N) is 2. The number of aromatic nitrogens is 1. The first-order valence-electron chi connectivity index (χ1n) is 10.5. The van der Waals surface area contributed by atoms with Crippen molar-refractivity contribution in [2.45, 2.75) is 17.4 Å². The Morgan fingerprint density at radius 2 is 1.78 bits per heavy atom. The molecule has 0 radical (unpaired) electrons. The highest BCUT2D eigenvalue weighted by molar-refractivity contribution is 7.83. The molecule has 2 N–H and O–H groups in total. The average molecular weight is 533 g/mol. The Balaban J connectivity index is 1.57. The van der Waals surface area contributed by atoms with Crippen LogP contribution in [0.5, 0.6) is 0 Å². The minimum atomic E-state index is -2.26. The molecule has 0 saturated heterocycles. The van der Waals surface area contributed by atoms with E-state index in [0.29, 0.717) is 17.3 Å². The first-order chi connectivity index (χ1) is 17.2. The summed E-state index contributed by atoms with van der Waals surface area (Å²) in [5.41, 5.74) is 2.93. The van der Waals surface area contributed by atoms with Gasteiger partial charge in [0.25, 0.3) is 0 Å². The lowest BCUT2D eigenvalue weighted by Crippen LogP contribution is -2.52. The monoisotopic (exact) mass is 532 g/mol. The van der Waals surface area contributed by atoms with Crippen LogP contribution < -0.4 is 14.9 Å². The molecule has 1 aromatic heterocycles. The molecule has 7 nitrogen and oxygen atoms in total. The van der Waals surface area contributed by atoms with Gasteiger partial charge in [0, 0.05) is 25.2 Å². The van der Waals surface area contributed by atoms with Crippen LogP contribution in [-0.4, -0.2) is 34.2 Å². The van der Waals surface area contributed by atoms with Gasteiger partial charge in [-0.05, 0) is 48.0 Å². The molecule has 0 fully saturated rings. The van der Waals surface area contributed by atoms with E-state index in [4.69, 9.17) is 0 Å². The number of rotatable bonds is 7. The smallest absolute Gasteiger partial charge is 0.325 e. The molecule has 0 aliphatic heterocycles. The van der Waals surface area contributed by atoms with Gasteiger partial charge < -0.3 is 10.2 Å². The third kappa shape index (κ3) is 5.89. The zero-order chi connectivity index (χ0) is 25.8. The number of likely N-dealkylation sites (N-methyl/N-ethyl adjacent to an activating group) is 1. The highest BCUT2D eigenvalue weighted by atomic mass is 32.2. The normalized spacial score (nSPS) is 12.7. The molecular formula is C24H19F3N4O3S2. The Kier molecular flexibility index (Phi) is 7.65. The summed E-state index contributed by atoms with van der Waals surface area (Å²) in [6.45, 7) is 0. The van der Waals surface area contributed by atoms with Crippen LogP contribution in [0.3, 0.4) is 0 Å². The largest absolute Gasteiger partial charge is 0.327 e. The van der Waals surface area contributed by atoms with Gasteiger partial charge in [0.2, 0.25) is 5.91 Å². The molecule has 3 amide bonds. The van der Waals surface area contributed by atoms with Gasteiger partial charge >= 0.3 is 6.03 Å². The van der Waals surface area contributed by atoms with Gasteiger partial charge in [-0.25, -0.2) is 27.2 Å².